The maximum absolute atomic E-state index is 10.8. The van der Waals surface area contributed by atoms with Crippen molar-refractivity contribution in [2.24, 2.45) is 0 Å². The molecule has 1 aliphatic rings. The van der Waals surface area contributed by atoms with Crippen LogP contribution in [-0.2, 0) is 0 Å². The van der Waals surface area contributed by atoms with Crippen LogP contribution in [0.25, 0.3) is 0 Å². The van der Waals surface area contributed by atoms with Crippen LogP contribution in [0.3, 0.4) is 0 Å². The van der Waals surface area contributed by atoms with Gasteiger partial charge in [-0.25, -0.2) is 4.98 Å². The number of halogens is 1. The van der Waals surface area contributed by atoms with Crippen molar-refractivity contribution in [3.05, 3.63) is 26.3 Å². The Morgan fingerprint density at radius 3 is 3.05 bits per heavy atom. The third-order valence-electron chi connectivity index (χ3n) is 2.82. The van der Waals surface area contributed by atoms with Gasteiger partial charge in [0, 0.05) is 34.6 Å². The summed E-state index contributed by atoms with van der Waals surface area (Å²) in [4.78, 5) is 14.5. The van der Waals surface area contributed by atoms with Crippen molar-refractivity contribution < 1.29 is 4.92 Å². The predicted molar refractivity (Wildman–Crippen MR) is 85.4 cm³/mol. The van der Waals surface area contributed by atoms with Gasteiger partial charge in [0.1, 0.15) is 12.0 Å². The van der Waals surface area contributed by atoms with Gasteiger partial charge in [0.05, 0.1) is 9.40 Å². The minimum Gasteiger partial charge on any atom is -0.368 e. The Labute approximate surface area is 128 Å². The van der Waals surface area contributed by atoms with Gasteiger partial charge in [0.2, 0.25) is 0 Å². The Bertz CT molecular complexity index is 481. The molecule has 104 valence electrons. The van der Waals surface area contributed by atoms with Crippen molar-refractivity contribution in [3.63, 3.8) is 0 Å². The van der Waals surface area contributed by atoms with Crippen molar-refractivity contribution in [2.45, 2.75) is 12.2 Å². The standard InChI is InChI=1S/C11H14BrN3O2S2/c1-7-9(15(16)17)5-14-11(10(7)12)13-4-8-6-18-2-3-19-8/h5,8H,2-4,6H2,1H3,(H,13,14). The van der Waals surface area contributed by atoms with Crippen LogP contribution in [0.4, 0.5) is 11.5 Å². The van der Waals surface area contributed by atoms with Crippen LogP contribution in [0.15, 0.2) is 10.7 Å². The van der Waals surface area contributed by atoms with Gasteiger partial charge < -0.3 is 5.32 Å². The average molecular weight is 364 g/mol. The molecular formula is C11H14BrN3O2S2. The van der Waals surface area contributed by atoms with Crippen LogP contribution in [0, 0.1) is 17.0 Å². The molecule has 0 saturated carbocycles. The lowest BCUT2D eigenvalue weighted by molar-refractivity contribution is -0.385. The summed E-state index contributed by atoms with van der Waals surface area (Å²) in [7, 11) is 0. The first-order valence-electron chi connectivity index (χ1n) is 5.82. The Morgan fingerprint density at radius 1 is 1.63 bits per heavy atom. The summed E-state index contributed by atoms with van der Waals surface area (Å²) in [5, 5.41) is 14.7. The van der Waals surface area contributed by atoms with E-state index in [0.29, 0.717) is 21.1 Å². The molecule has 1 fully saturated rings. The molecule has 5 nitrogen and oxygen atoms in total. The van der Waals surface area contributed by atoms with Crippen molar-refractivity contribution in [1.82, 2.24) is 4.98 Å². The molecule has 1 aromatic rings. The molecule has 1 unspecified atom stereocenters. The van der Waals surface area contributed by atoms with Gasteiger partial charge in [-0.05, 0) is 22.9 Å². The molecule has 0 aromatic carbocycles. The van der Waals surface area contributed by atoms with Gasteiger partial charge in [-0.1, -0.05) is 0 Å². The zero-order chi connectivity index (χ0) is 13.8. The first-order chi connectivity index (χ1) is 9.09. The summed E-state index contributed by atoms with van der Waals surface area (Å²) in [6.45, 7) is 2.56. The minimum atomic E-state index is -0.412. The van der Waals surface area contributed by atoms with Gasteiger partial charge in [-0.15, -0.1) is 0 Å². The quantitative estimate of drug-likeness (QED) is 0.653. The molecular weight excluding hydrogens is 350 g/mol. The number of nitrogens with zero attached hydrogens (tertiary/aromatic N) is 2. The van der Waals surface area contributed by atoms with Crippen LogP contribution in [0.5, 0.6) is 0 Å². The van der Waals surface area contributed by atoms with Gasteiger partial charge in [-0.2, -0.15) is 23.5 Å². The molecule has 1 aliphatic heterocycles. The largest absolute Gasteiger partial charge is 0.368 e. The zero-order valence-corrected chi connectivity index (χ0v) is 13.6. The van der Waals surface area contributed by atoms with Crippen molar-refractivity contribution >= 4 is 51.0 Å². The molecule has 8 heteroatoms. The summed E-state index contributed by atoms with van der Waals surface area (Å²) in [5.74, 6) is 4.23. The topological polar surface area (TPSA) is 68.1 Å². The van der Waals surface area contributed by atoms with Gasteiger partial charge >= 0.3 is 0 Å². The smallest absolute Gasteiger partial charge is 0.291 e. The van der Waals surface area contributed by atoms with E-state index in [4.69, 9.17) is 0 Å². The van der Waals surface area contributed by atoms with Crippen LogP contribution in [0.2, 0.25) is 0 Å². The fourth-order valence-electron chi connectivity index (χ4n) is 1.74. The fourth-order valence-corrected chi connectivity index (χ4v) is 4.80. The lowest BCUT2D eigenvalue weighted by Gasteiger charge is -2.21. The first kappa shape index (κ1) is 14.9. The van der Waals surface area contributed by atoms with Crippen LogP contribution < -0.4 is 5.32 Å². The number of nitrogens with one attached hydrogen (secondary N) is 1. The second-order valence-corrected chi connectivity index (χ2v) is 7.49. The summed E-state index contributed by atoms with van der Waals surface area (Å²) < 4.78 is 0.676. The first-order valence-corrected chi connectivity index (χ1v) is 8.82. The van der Waals surface area contributed by atoms with Crippen molar-refractivity contribution in [2.75, 3.05) is 29.1 Å². The normalized spacial score (nSPS) is 19.2. The maximum atomic E-state index is 10.8. The number of rotatable bonds is 4. The number of pyridine rings is 1. The summed E-state index contributed by atoms with van der Waals surface area (Å²) in [6.07, 6.45) is 1.31. The molecule has 0 spiro atoms. The molecule has 1 N–H and O–H groups in total. The number of aromatic nitrogens is 1. The third-order valence-corrected chi connectivity index (χ3v) is 6.63. The maximum Gasteiger partial charge on any atom is 0.291 e. The molecule has 1 saturated heterocycles. The van der Waals surface area contributed by atoms with Gasteiger partial charge in [0.25, 0.3) is 5.69 Å². The minimum absolute atomic E-state index is 0.0417. The molecule has 0 aliphatic carbocycles. The highest BCUT2D eigenvalue weighted by Crippen LogP contribution is 2.31. The zero-order valence-electron chi connectivity index (χ0n) is 10.4. The summed E-state index contributed by atoms with van der Waals surface area (Å²) in [6, 6.07) is 0. The van der Waals surface area contributed by atoms with E-state index in [2.05, 4.69) is 26.2 Å². The SMILES string of the molecule is Cc1c([N+](=O)[O-])cnc(NCC2CSCCS2)c1Br. The second kappa shape index (κ2) is 6.81. The van der Waals surface area contributed by atoms with E-state index in [-0.39, 0.29) is 5.69 Å². The van der Waals surface area contributed by atoms with Crippen molar-refractivity contribution in [1.29, 1.82) is 0 Å². The van der Waals surface area contributed by atoms with E-state index in [1.54, 1.807) is 6.92 Å². The average Bonchev–Trinajstić information content (AvgIpc) is 2.41. The predicted octanol–water partition coefficient (Wildman–Crippen LogP) is 3.32. The Morgan fingerprint density at radius 2 is 2.42 bits per heavy atom. The number of thioether (sulfide) groups is 2. The van der Waals surface area contributed by atoms with E-state index < -0.39 is 4.92 Å². The highest BCUT2D eigenvalue weighted by atomic mass is 79.9. The van der Waals surface area contributed by atoms with E-state index in [1.807, 2.05) is 23.5 Å². The van der Waals surface area contributed by atoms with Gasteiger partial charge in [-0.3, -0.25) is 10.1 Å². The van der Waals surface area contributed by atoms with E-state index in [1.165, 1.54) is 17.7 Å². The number of hydrogen-bond acceptors (Lipinski definition) is 6. The van der Waals surface area contributed by atoms with E-state index >= 15 is 0 Å². The van der Waals surface area contributed by atoms with E-state index in [9.17, 15) is 10.1 Å². The number of nitro groups is 1. The van der Waals surface area contributed by atoms with Crippen LogP contribution in [-0.4, -0.2) is 39.0 Å². The molecule has 2 heterocycles. The Hall–Kier alpha value is -0.470. The molecule has 19 heavy (non-hydrogen) atoms. The van der Waals surface area contributed by atoms with Crippen LogP contribution >= 0.6 is 39.5 Å². The molecule has 1 atom stereocenters. The monoisotopic (exact) mass is 363 g/mol. The molecule has 0 bridgehead atoms. The molecule has 1 aromatic heterocycles. The number of anilines is 1. The summed E-state index contributed by atoms with van der Waals surface area (Å²) in [5.41, 5.74) is 0.646. The van der Waals surface area contributed by atoms with Gasteiger partial charge in [0.15, 0.2) is 0 Å². The highest BCUT2D eigenvalue weighted by Gasteiger charge is 2.19. The van der Waals surface area contributed by atoms with Crippen LogP contribution in [0.1, 0.15) is 5.56 Å². The second-order valence-electron chi connectivity index (χ2n) is 4.14. The number of hydrogen-bond donors (Lipinski definition) is 1. The summed E-state index contributed by atoms with van der Waals surface area (Å²) >= 11 is 7.32. The Balaban J connectivity index is 2.04. The van der Waals surface area contributed by atoms with Crippen molar-refractivity contribution in [3.8, 4) is 0 Å². The highest BCUT2D eigenvalue weighted by molar-refractivity contribution is 9.10. The molecule has 0 amide bonds. The fraction of sp³-hybridized carbons (Fsp3) is 0.545. The molecule has 0 radical (unpaired) electrons. The lowest BCUT2D eigenvalue weighted by atomic mass is 10.2. The lowest BCUT2D eigenvalue weighted by Crippen LogP contribution is -2.23. The van der Waals surface area contributed by atoms with E-state index in [0.717, 1.165) is 12.3 Å². The Kier molecular flexibility index (Phi) is 5.35. The molecule has 2 rings (SSSR count). The third kappa shape index (κ3) is 3.76.